The van der Waals surface area contributed by atoms with Crippen LogP contribution in [-0.4, -0.2) is 9.55 Å². The molecule has 2 aromatic rings. The Kier molecular flexibility index (Phi) is 3.71. The lowest BCUT2D eigenvalue weighted by molar-refractivity contribution is 0.439. The quantitative estimate of drug-likeness (QED) is 0.861. The van der Waals surface area contributed by atoms with Gasteiger partial charge in [-0.15, -0.1) is 0 Å². The largest absolute Gasteiger partial charge is 0.432 e. The molecule has 6 nitrogen and oxygen atoms in total. The first-order valence-electron chi connectivity index (χ1n) is 6.07. The van der Waals surface area contributed by atoms with Gasteiger partial charge in [-0.2, -0.15) is 5.26 Å². The summed E-state index contributed by atoms with van der Waals surface area (Å²) < 4.78 is 6.97. The number of nitrogens with zero attached hydrogens (tertiary/aromatic N) is 3. The van der Waals surface area contributed by atoms with Crippen LogP contribution in [0.2, 0.25) is 0 Å². The number of benzene rings is 1. The van der Waals surface area contributed by atoms with Crippen LogP contribution in [-0.2, 0) is 0 Å². The van der Waals surface area contributed by atoms with Gasteiger partial charge in [0, 0.05) is 18.4 Å². The standard InChI is InChI=1S/C14H14N4O2/c1-9(2)18-6-5-17-13(14(18)19)20-12-4-3-10(8-15)7-11(12)16/h3-7,9H,16H2,1-2H3. The number of hydrogen-bond acceptors (Lipinski definition) is 5. The monoisotopic (exact) mass is 270 g/mol. The molecule has 0 amide bonds. The fourth-order valence-corrected chi connectivity index (χ4v) is 1.70. The number of ether oxygens (including phenoxy) is 1. The van der Waals surface area contributed by atoms with E-state index < -0.39 is 0 Å². The van der Waals surface area contributed by atoms with E-state index in [0.717, 1.165) is 0 Å². The third kappa shape index (κ3) is 2.62. The Morgan fingerprint density at radius 3 is 2.80 bits per heavy atom. The van der Waals surface area contributed by atoms with Crippen molar-refractivity contribution in [3.05, 3.63) is 46.5 Å². The second-order valence-electron chi connectivity index (χ2n) is 4.51. The number of nitrogen functional groups attached to an aromatic ring is 1. The van der Waals surface area contributed by atoms with Crippen molar-refractivity contribution >= 4 is 5.69 Å². The molecule has 2 rings (SSSR count). The van der Waals surface area contributed by atoms with Gasteiger partial charge in [0.25, 0.3) is 5.88 Å². The molecule has 0 aliphatic heterocycles. The molecule has 0 saturated heterocycles. The lowest BCUT2D eigenvalue weighted by Gasteiger charge is -2.11. The zero-order valence-electron chi connectivity index (χ0n) is 11.2. The van der Waals surface area contributed by atoms with E-state index in [4.69, 9.17) is 15.7 Å². The predicted octanol–water partition coefficient (Wildman–Crippen LogP) is 2.07. The van der Waals surface area contributed by atoms with Crippen LogP contribution in [0.5, 0.6) is 11.6 Å². The summed E-state index contributed by atoms with van der Waals surface area (Å²) >= 11 is 0. The highest BCUT2D eigenvalue weighted by molar-refractivity contribution is 5.57. The SMILES string of the molecule is CC(C)n1ccnc(Oc2ccc(C#N)cc2N)c1=O. The molecule has 6 heteroatoms. The second-order valence-corrected chi connectivity index (χ2v) is 4.51. The van der Waals surface area contributed by atoms with Crippen LogP contribution in [0.25, 0.3) is 0 Å². The molecule has 0 spiro atoms. The second kappa shape index (κ2) is 5.45. The third-order valence-corrected chi connectivity index (χ3v) is 2.74. The average Bonchev–Trinajstić information content (AvgIpc) is 2.42. The number of aromatic nitrogens is 2. The fraction of sp³-hybridized carbons (Fsp3) is 0.214. The Labute approximate surface area is 116 Å². The molecule has 0 unspecified atom stereocenters. The lowest BCUT2D eigenvalue weighted by atomic mass is 10.2. The van der Waals surface area contributed by atoms with E-state index in [1.807, 2.05) is 19.9 Å². The molecule has 20 heavy (non-hydrogen) atoms. The summed E-state index contributed by atoms with van der Waals surface area (Å²) in [6.45, 7) is 3.78. The van der Waals surface area contributed by atoms with Crippen molar-refractivity contribution in [3.8, 4) is 17.7 Å². The zero-order valence-corrected chi connectivity index (χ0v) is 11.2. The summed E-state index contributed by atoms with van der Waals surface area (Å²) in [5, 5.41) is 8.77. The van der Waals surface area contributed by atoms with Crippen LogP contribution in [0.3, 0.4) is 0 Å². The average molecular weight is 270 g/mol. The molecule has 0 aliphatic carbocycles. The van der Waals surface area contributed by atoms with Crippen molar-refractivity contribution in [1.82, 2.24) is 9.55 Å². The zero-order chi connectivity index (χ0) is 14.7. The molecule has 1 heterocycles. The first-order chi connectivity index (χ1) is 9.52. The van der Waals surface area contributed by atoms with Gasteiger partial charge in [0.05, 0.1) is 17.3 Å². The van der Waals surface area contributed by atoms with Crippen LogP contribution in [0.4, 0.5) is 5.69 Å². The van der Waals surface area contributed by atoms with Crippen LogP contribution in [0.15, 0.2) is 35.4 Å². The number of nitrogens with two attached hydrogens (primary N) is 1. The Morgan fingerprint density at radius 2 is 2.20 bits per heavy atom. The Balaban J connectivity index is 2.39. The van der Waals surface area contributed by atoms with Crippen molar-refractivity contribution in [1.29, 1.82) is 5.26 Å². The van der Waals surface area contributed by atoms with Crippen LogP contribution >= 0.6 is 0 Å². The van der Waals surface area contributed by atoms with Gasteiger partial charge in [0.1, 0.15) is 0 Å². The van der Waals surface area contributed by atoms with E-state index in [9.17, 15) is 4.79 Å². The number of nitriles is 1. The van der Waals surface area contributed by atoms with Gasteiger partial charge in [-0.3, -0.25) is 4.79 Å². The molecule has 0 saturated carbocycles. The minimum atomic E-state index is -0.328. The maximum absolute atomic E-state index is 12.1. The number of hydrogen-bond donors (Lipinski definition) is 1. The molecule has 1 aromatic carbocycles. The third-order valence-electron chi connectivity index (χ3n) is 2.74. The van der Waals surface area contributed by atoms with E-state index in [-0.39, 0.29) is 23.2 Å². The molecule has 102 valence electrons. The molecule has 0 aliphatic rings. The summed E-state index contributed by atoms with van der Waals surface area (Å²) in [5.41, 5.74) is 6.16. The normalized spacial score (nSPS) is 10.3. The van der Waals surface area contributed by atoms with E-state index in [1.165, 1.54) is 16.8 Å². The highest BCUT2D eigenvalue weighted by Gasteiger charge is 2.11. The molecule has 0 bridgehead atoms. The Morgan fingerprint density at radius 1 is 1.45 bits per heavy atom. The van der Waals surface area contributed by atoms with Gasteiger partial charge >= 0.3 is 5.56 Å². The molecule has 1 aromatic heterocycles. The van der Waals surface area contributed by atoms with Gasteiger partial charge in [0.15, 0.2) is 5.75 Å². The van der Waals surface area contributed by atoms with Crippen molar-refractivity contribution < 1.29 is 4.74 Å². The maximum atomic E-state index is 12.1. The van der Waals surface area contributed by atoms with Crippen LogP contribution < -0.4 is 16.0 Å². The minimum absolute atomic E-state index is 0.00571. The van der Waals surface area contributed by atoms with Crippen LogP contribution in [0.1, 0.15) is 25.5 Å². The Bertz CT molecular complexity index is 729. The number of anilines is 1. The van der Waals surface area contributed by atoms with Gasteiger partial charge < -0.3 is 15.0 Å². The van der Waals surface area contributed by atoms with Crippen molar-refractivity contribution in [2.45, 2.75) is 19.9 Å². The van der Waals surface area contributed by atoms with Gasteiger partial charge in [-0.05, 0) is 32.0 Å². The van der Waals surface area contributed by atoms with Gasteiger partial charge in [0.2, 0.25) is 0 Å². The van der Waals surface area contributed by atoms with E-state index >= 15 is 0 Å². The van der Waals surface area contributed by atoms with Gasteiger partial charge in [-0.25, -0.2) is 4.98 Å². The Hall–Kier alpha value is -2.81. The maximum Gasteiger partial charge on any atom is 0.313 e. The predicted molar refractivity (Wildman–Crippen MR) is 74.5 cm³/mol. The van der Waals surface area contributed by atoms with Crippen molar-refractivity contribution in [2.24, 2.45) is 0 Å². The van der Waals surface area contributed by atoms with Crippen molar-refractivity contribution in [3.63, 3.8) is 0 Å². The summed E-state index contributed by atoms with van der Waals surface area (Å²) in [6, 6.07) is 6.58. The van der Waals surface area contributed by atoms with Crippen molar-refractivity contribution in [2.75, 3.05) is 5.73 Å². The summed E-state index contributed by atoms with van der Waals surface area (Å²) in [7, 11) is 0. The van der Waals surface area contributed by atoms with E-state index in [0.29, 0.717) is 11.3 Å². The summed E-state index contributed by atoms with van der Waals surface area (Å²) in [5.74, 6) is 0.257. The molecular weight excluding hydrogens is 256 g/mol. The highest BCUT2D eigenvalue weighted by Crippen LogP contribution is 2.25. The molecule has 0 radical (unpaired) electrons. The summed E-state index contributed by atoms with van der Waals surface area (Å²) in [6.07, 6.45) is 3.10. The first-order valence-corrected chi connectivity index (χ1v) is 6.07. The molecule has 0 fully saturated rings. The fourth-order valence-electron chi connectivity index (χ4n) is 1.70. The molecular formula is C14H14N4O2. The lowest BCUT2D eigenvalue weighted by Crippen LogP contribution is -2.23. The molecule has 0 atom stereocenters. The minimum Gasteiger partial charge on any atom is -0.432 e. The first kappa shape index (κ1) is 13.6. The summed E-state index contributed by atoms with van der Waals surface area (Å²) in [4.78, 5) is 16.1. The number of rotatable bonds is 3. The smallest absolute Gasteiger partial charge is 0.313 e. The van der Waals surface area contributed by atoms with E-state index in [1.54, 1.807) is 18.3 Å². The van der Waals surface area contributed by atoms with Gasteiger partial charge in [-0.1, -0.05) is 0 Å². The molecule has 2 N–H and O–H groups in total. The highest BCUT2D eigenvalue weighted by atomic mass is 16.5. The van der Waals surface area contributed by atoms with Crippen LogP contribution in [0, 0.1) is 11.3 Å². The van der Waals surface area contributed by atoms with E-state index in [2.05, 4.69) is 4.98 Å². The topological polar surface area (TPSA) is 93.9 Å².